The molecule has 114 valence electrons. The van der Waals surface area contributed by atoms with E-state index in [1.165, 1.54) is 0 Å². The number of carboxylic acids is 1. The van der Waals surface area contributed by atoms with Crippen molar-refractivity contribution in [3.8, 4) is 0 Å². The van der Waals surface area contributed by atoms with E-state index in [1.807, 2.05) is 25.1 Å². The molecule has 1 saturated heterocycles. The lowest BCUT2D eigenvalue weighted by atomic mass is 9.97. The summed E-state index contributed by atoms with van der Waals surface area (Å²) in [6.07, 6.45) is 1.08. The monoisotopic (exact) mass is 354 g/mol. The molecule has 21 heavy (non-hydrogen) atoms. The van der Waals surface area contributed by atoms with E-state index in [0.29, 0.717) is 25.9 Å². The molecule has 1 aromatic rings. The Kier molecular flexibility index (Phi) is 5.22. The summed E-state index contributed by atoms with van der Waals surface area (Å²) in [7, 11) is 0. The van der Waals surface area contributed by atoms with Crippen LogP contribution in [0.4, 0.5) is 5.69 Å². The van der Waals surface area contributed by atoms with Gasteiger partial charge in [0.25, 0.3) is 0 Å². The number of halogens is 1. The fourth-order valence-corrected chi connectivity index (χ4v) is 2.75. The van der Waals surface area contributed by atoms with Crippen molar-refractivity contribution in [1.82, 2.24) is 4.90 Å². The zero-order chi connectivity index (χ0) is 15.4. The summed E-state index contributed by atoms with van der Waals surface area (Å²) in [5, 5.41) is 12.0. The smallest absolute Gasteiger partial charge is 0.306 e. The Morgan fingerprint density at radius 3 is 2.62 bits per heavy atom. The van der Waals surface area contributed by atoms with Gasteiger partial charge in [0.15, 0.2) is 0 Å². The van der Waals surface area contributed by atoms with Gasteiger partial charge in [-0.25, -0.2) is 0 Å². The first-order valence-corrected chi connectivity index (χ1v) is 7.77. The lowest BCUT2D eigenvalue weighted by Crippen LogP contribution is -2.42. The third-order valence-electron chi connectivity index (χ3n) is 3.81. The molecule has 0 atom stereocenters. The minimum Gasteiger partial charge on any atom is -0.481 e. The second-order valence-electron chi connectivity index (χ2n) is 5.31. The maximum atomic E-state index is 12.1. The summed E-state index contributed by atoms with van der Waals surface area (Å²) in [5.41, 5.74) is 2.03. The van der Waals surface area contributed by atoms with Gasteiger partial charge in [0.1, 0.15) is 0 Å². The summed E-state index contributed by atoms with van der Waals surface area (Å²) in [6.45, 7) is 3.28. The molecule has 1 aliphatic heterocycles. The predicted molar refractivity (Wildman–Crippen MR) is 84.3 cm³/mol. The highest BCUT2D eigenvalue weighted by molar-refractivity contribution is 9.10. The number of carboxylic acid groups (broad SMARTS) is 1. The number of aliphatic carboxylic acids is 1. The van der Waals surface area contributed by atoms with Gasteiger partial charge in [-0.3, -0.25) is 9.59 Å². The Morgan fingerprint density at radius 2 is 2.05 bits per heavy atom. The molecule has 1 fully saturated rings. The van der Waals surface area contributed by atoms with Crippen molar-refractivity contribution in [2.45, 2.75) is 19.8 Å². The zero-order valence-corrected chi connectivity index (χ0v) is 13.5. The van der Waals surface area contributed by atoms with Gasteiger partial charge in [0, 0.05) is 23.2 Å². The molecule has 0 radical (unpaired) electrons. The first-order valence-electron chi connectivity index (χ1n) is 6.98. The topological polar surface area (TPSA) is 69.6 Å². The Labute approximate surface area is 132 Å². The standard InChI is InChI=1S/C15H19BrN2O3/c1-10-2-3-12(8-13(10)16)17-9-14(19)18-6-4-11(5-7-18)15(20)21/h2-3,8,11,17H,4-7,9H2,1H3,(H,20,21). The molecule has 1 aromatic carbocycles. The summed E-state index contributed by atoms with van der Waals surface area (Å²) < 4.78 is 1.00. The summed E-state index contributed by atoms with van der Waals surface area (Å²) in [4.78, 5) is 24.7. The van der Waals surface area contributed by atoms with Crippen LogP contribution in [-0.4, -0.2) is 41.5 Å². The highest BCUT2D eigenvalue weighted by atomic mass is 79.9. The van der Waals surface area contributed by atoms with Crippen LogP contribution in [-0.2, 0) is 9.59 Å². The lowest BCUT2D eigenvalue weighted by Gasteiger charge is -2.30. The van der Waals surface area contributed by atoms with Gasteiger partial charge in [-0.15, -0.1) is 0 Å². The highest BCUT2D eigenvalue weighted by Gasteiger charge is 2.26. The second-order valence-corrected chi connectivity index (χ2v) is 6.17. The Hall–Kier alpha value is -1.56. The SMILES string of the molecule is Cc1ccc(NCC(=O)N2CCC(C(=O)O)CC2)cc1Br. The molecule has 2 N–H and O–H groups in total. The highest BCUT2D eigenvalue weighted by Crippen LogP contribution is 2.21. The molecule has 5 nitrogen and oxygen atoms in total. The molecule has 0 aromatic heterocycles. The van der Waals surface area contributed by atoms with Gasteiger partial charge in [0.05, 0.1) is 12.5 Å². The lowest BCUT2D eigenvalue weighted by molar-refractivity contribution is -0.145. The Balaban J connectivity index is 1.82. The molecule has 0 aliphatic carbocycles. The number of benzene rings is 1. The first-order chi connectivity index (χ1) is 9.97. The van der Waals surface area contributed by atoms with E-state index in [4.69, 9.17) is 5.11 Å². The van der Waals surface area contributed by atoms with Crippen LogP contribution >= 0.6 is 15.9 Å². The van der Waals surface area contributed by atoms with E-state index in [-0.39, 0.29) is 18.4 Å². The molecule has 2 rings (SSSR count). The summed E-state index contributed by atoms with van der Waals surface area (Å²) in [5.74, 6) is -1.06. The van der Waals surface area contributed by atoms with Crippen molar-refractivity contribution in [1.29, 1.82) is 0 Å². The van der Waals surface area contributed by atoms with E-state index in [9.17, 15) is 9.59 Å². The van der Waals surface area contributed by atoms with Crippen LogP contribution in [0.1, 0.15) is 18.4 Å². The Morgan fingerprint density at radius 1 is 1.38 bits per heavy atom. The number of nitrogens with zero attached hydrogens (tertiary/aromatic N) is 1. The Bertz CT molecular complexity index is 540. The maximum Gasteiger partial charge on any atom is 0.306 e. The zero-order valence-electron chi connectivity index (χ0n) is 11.9. The number of hydrogen-bond donors (Lipinski definition) is 2. The first kappa shape index (κ1) is 15.8. The number of likely N-dealkylation sites (tertiary alicyclic amines) is 1. The number of carbonyl (C=O) groups is 2. The second kappa shape index (κ2) is 6.93. The molecule has 1 amide bonds. The van der Waals surface area contributed by atoms with E-state index in [0.717, 1.165) is 15.7 Å². The number of aryl methyl sites for hydroxylation is 1. The van der Waals surface area contributed by atoms with E-state index < -0.39 is 5.97 Å². The van der Waals surface area contributed by atoms with Gasteiger partial charge in [0.2, 0.25) is 5.91 Å². The number of piperidine rings is 1. The van der Waals surface area contributed by atoms with Crippen molar-refractivity contribution in [2.75, 3.05) is 25.0 Å². The number of amides is 1. The van der Waals surface area contributed by atoms with Crippen molar-refractivity contribution in [3.63, 3.8) is 0 Å². The average Bonchev–Trinajstić information content (AvgIpc) is 2.48. The molecule has 0 unspecified atom stereocenters. The third kappa shape index (κ3) is 4.20. The van der Waals surface area contributed by atoms with Crippen LogP contribution in [0, 0.1) is 12.8 Å². The van der Waals surface area contributed by atoms with E-state index in [2.05, 4.69) is 21.2 Å². The van der Waals surface area contributed by atoms with E-state index in [1.54, 1.807) is 4.90 Å². The normalized spacial score (nSPS) is 15.8. The molecule has 6 heteroatoms. The van der Waals surface area contributed by atoms with Gasteiger partial charge >= 0.3 is 5.97 Å². The molecule has 1 heterocycles. The van der Waals surface area contributed by atoms with Crippen molar-refractivity contribution in [2.24, 2.45) is 5.92 Å². The number of nitrogens with one attached hydrogen (secondary N) is 1. The van der Waals surface area contributed by atoms with Gasteiger partial charge in [-0.1, -0.05) is 22.0 Å². The van der Waals surface area contributed by atoms with Gasteiger partial charge < -0.3 is 15.3 Å². The van der Waals surface area contributed by atoms with E-state index >= 15 is 0 Å². The number of carbonyl (C=O) groups excluding carboxylic acids is 1. The predicted octanol–water partition coefficient (Wildman–Crippen LogP) is 2.49. The molecule has 0 saturated carbocycles. The summed E-state index contributed by atoms with van der Waals surface area (Å²) >= 11 is 3.46. The summed E-state index contributed by atoms with van der Waals surface area (Å²) in [6, 6.07) is 5.86. The number of anilines is 1. The largest absolute Gasteiger partial charge is 0.481 e. The fourth-order valence-electron chi connectivity index (χ4n) is 2.37. The quantitative estimate of drug-likeness (QED) is 0.871. The van der Waals surface area contributed by atoms with Crippen molar-refractivity contribution >= 4 is 33.5 Å². The van der Waals surface area contributed by atoms with Crippen molar-refractivity contribution in [3.05, 3.63) is 28.2 Å². The van der Waals surface area contributed by atoms with Crippen LogP contribution in [0.3, 0.4) is 0 Å². The molecule has 0 spiro atoms. The van der Waals surface area contributed by atoms with Crippen LogP contribution in [0.2, 0.25) is 0 Å². The minimum absolute atomic E-state index is 0.00976. The van der Waals surface area contributed by atoms with Crippen molar-refractivity contribution < 1.29 is 14.7 Å². The number of hydrogen-bond acceptors (Lipinski definition) is 3. The van der Waals surface area contributed by atoms with Gasteiger partial charge in [-0.05, 0) is 37.5 Å². The molecular formula is C15H19BrN2O3. The molecule has 0 bridgehead atoms. The molecular weight excluding hydrogens is 336 g/mol. The maximum absolute atomic E-state index is 12.1. The number of rotatable bonds is 4. The van der Waals surface area contributed by atoms with Crippen LogP contribution < -0.4 is 5.32 Å². The van der Waals surface area contributed by atoms with Crippen LogP contribution in [0.5, 0.6) is 0 Å². The van der Waals surface area contributed by atoms with Crippen LogP contribution in [0.15, 0.2) is 22.7 Å². The van der Waals surface area contributed by atoms with Crippen LogP contribution in [0.25, 0.3) is 0 Å². The average molecular weight is 355 g/mol. The minimum atomic E-state index is -0.760. The van der Waals surface area contributed by atoms with Gasteiger partial charge in [-0.2, -0.15) is 0 Å². The molecule has 1 aliphatic rings. The fraction of sp³-hybridized carbons (Fsp3) is 0.467. The third-order valence-corrected chi connectivity index (χ3v) is 4.67.